The number of anilines is 4. The maximum absolute atomic E-state index is 15.1. The molecule has 0 aliphatic heterocycles. The molecule has 81 heavy (non-hydrogen) atoms. The van der Waals surface area contributed by atoms with E-state index < -0.39 is 83.7 Å². The molecule has 2 aromatic heterocycles. The number of benzene rings is 4. The van der Waals surface area contributed by atoms with Crippen molar-refractivity contribution in [2.75, 3.05) is 82.2 Å². The second-order valence-electron chi connectivity index (χ2n) is 18.4. The van der Waals surface area contributed by atoms with Crippen LogP contribution in [0.25, 0.3) is 20.9 Å². The molecule has 0 bridgehead atoms. The summed E-state index contributed by atoms with van der Waals surface area (Å²) in [6, 6.07) is 17.3. The number of hydrogen-bond donors (Lipinski definition) is 2. The molecule has 0 atom stereocenters. The van der Waals surface area contributed by atoms with E-state index in [1.165, 1.54) is 36.4 Å². The first-order chi connectivity index (χ1) is 38.8. The number of hydroxylamine groups is 2. The molecule has 2 heterocycles. The van der Waals surface area contributed by atoms with Gasteiger partial charge >= 0.3 is 36.2 Å². The van der Waals surface area contributed by atoms with Crippen LogP contribution < -0.4 is 20.4 Å². The van der Waals surface area contributed by atoms with Crippen molar-refractivity contribution in [2.24, 2.45) is 0 Å². The number of rotatable bonds is 23. The smallest absolute Gasteiger partial charge is 0.415 e. The summed E-state index contributed by atoms with van der Waals surface area (Å²) in [5.41, 5.74) is 1.47. The maximum atomic E-state index is 15.1. The molecule has 0 spiro atoms. The molecule has 0 aliphatic carbocycles. The number of halogens is 4. The van der Waals surface area contributed by atoms with Crippen molar-refractivity contribution in [3.63, 3.8) is 0 Å². The van der Waals surface area contributed by atoms with Gasteiger partial charge in [-0.1, -0.05) is 50.2 Å². The van der Waals surface area contributed by atoms with Crippen LogP contribution in [0.5, 0.6) is 0 Å². The molecule has 0 radical (unpaired) electrons. The van der Waals surface area contributed by atoms with Crippen LogP contribution in [0.1, 0.15) is 83.5 Å². The van der Waals surface area contributed by atoms with Crippen LogP contribution in [0.4, 0.5) is 58.1 Å². The fourth-order valence-electron chi connectivity index (χ4n) is 8.18. The number of hydrogen-bond acceptors (Lipinski definition) is 15. The third-order valence-electron chi connectivity index (χ3n) is 11.8. The Morgan fingerprint density at radius 1 is 0.481 bits per heavy atom. The fraction of sp³-hybridized carbons (Fsp3) is 0.333. The third kappa shape index (κ3) is 15.3. The first-order valence-corrected chi connectivity index (χ1v) is 27.3. The molecule has 0 saturated heterocycles. The highest BCUT2D eigenvalue weighted by Gasteiger charge is 2.36. The quantitative estimate of drug-likeness (QED) is 0.0267. The lowest BCUT2D eigenvalue weighted by Gasteiger charge is -2.23. The predicted octanol–water partition coefficient (Wildman–Crippen LogP) is 12.9. The zero-order valence-electron chi connectivity index (χ0n) is 46.2. The number of urea groups is 2. The van der Waals surface area contributed by atoms with Gasteiger partial charge in [-0.3, -0.25) is 14.6 Å². The van der Waals surface area contributed by atoms with Gasteiger partial charge in [0.1, 0.15) is 33.3 Å². The number of carbonyl (C=O) groups is 6. The van der Waals surface area contributed by atoms with Crippen LogP contribution in [0.2, 0.25) is 0 Å². The summed E-state index contributed by atoms with van der Waals surface area (Å²) >= 11 is 2.01. The SMILES string of the molecule is CCCOC(=O)N(Cc1c(F)cccc1F)c1sc(-c2ccc(NC(=O)N(OC)C(=O)Nc3ccc(-c4sc(N(Cc5c(F)cccc5F)C(=O)OCCC)c(C(=O)OCC)c4CN(C)C)cc3)cc2)c(CN(C)C)c1C(=O)OCC. The lowest BCUT2D eigenvalue weighted by atomic mass is 10.0. The van der Waals surface area contributed by atoms with Crippen LogP contribution in [-0.4, -0.2) is 113 Å². The summed E-state index contributed by atoms with van der Waals surface area (Å²) in [5, 5.41) is 5.73. The van der Waals surface area contributed by atoms with Crippen molar-refractivity contribution in [1.29, 1.82) is 0 Å². The van der Waals surface area contributed by atoms with Gasteiger partial charge in [-0.2, -0.15) is 0 Å². The average molecular weight is 1160 g/mol. The standard InChI is InChI=1S/C57H63F4N7O11S2/c1-10-28-78-56(73)66(32-38-42(58)16-14-17-43(38)59)50-46(52(69)76-12-3)40(30-64(5)6)48(80-50)34-20-24-36(25-21-34)62-54(71)68(75-9)55(72)63-37-26-22-35(23-27-37)49-41(31-65(7)8)47(53(70)77-13-4)51(81-49)67(57(74)79-29-11-2)33-39-44(60)18-15-19-45(39)61/h14-27H,10-13,28-33H2,1-9H3,(H,62,71)(H,63,72). The summed E-state index contributed by atoms with van der Waals surface area (Å²) in [5.74, 6) is -5.20. The van der Waals surface area contributed by atoms with Crippen LogP contribution in [0.15, 0.2) is 84.9 Å². The van der Waals surface area contributed by atoms with Crippen LogP contribution in [-0.2, 0) is 50.0 Å². The van der Waals surface area contributed by atoms with Gasteiger partial charge < -0.3 is 39.4 Å². The second-order valence-corrected chi connectivity index (χ2v) is 20.4. The molecular formula is C57H63F4N7O11S2. The summed E-state index contributed by atoms with van der Waals surface area (Å²) in [6.45, 7) is 5.80. The van der Waals surface area contributed by atoms with Gasteiger partial charge in [0.15, 0.2) is 0 Å². The summed E-state index contributed by atoms with van der Waals surface area (Å²) in [7, 11) is 8.18. The van der Waals surface area contributed by atoms with E-state index in [1.54, 1.807) is 90.0 Å². The molecule has 18 nitrogen and oxygen atoms in total. The van der Waals surface area contributed by atoms with E-state index in [4.69, 9.17) is 23.8 Å². The number of imide groups is 1. The lowest BCUT2D eigenvalue weighted by Crippen LogP contribution is -2.41. The number of nitrogens with one attached hydrogen (secondary N) is 2. The Balaban J connectivity index is 1.28. The highest BCUT2D eigenvalue weighted by molar-refractivity contribution is 7.20. The van der Waals surface area contributed by atoms with Gasteiger partial charge in [-0.15, -0.1) is 27.7 Å². The molecule has 0 fully saturated rings. The van der Waals surface area contributed by atoms with Gasteiger partial charge in [0.05, 0.1) is 57.8 Å². The van der Waals surface area contributed by atoms with E-state index in [0.29, 0.717) is 49.9 Å². The monoisotopic (exact) mass is 1160 g/mol. The van der Waals surface area contributed by atoms with Crippen LogP contribution in [0, 0.1) is 23.3 Å². The normalized spacial score (nSPS) is 11.1. The number of nitrogens with zero attached hydrogens (tertiary/aromatic N) is 5. The van der Waals surface area contributed by atoms with E-state index in [1.807, 2.05) is 0 Å². The number of carbonyl (C=O) groups excluding carboxylic acids is 6. The molecule has 6 rings (SSSR count). The van der Waals surface area contributed by atoms with Gasteiger partial charge in [-0.25, -0.2) is 46.3 Å². The predicted molar refractivity (Wildman–Crippen MR) is 301 cm³/mol. The Morgan fingerprint density at radius 3 is 1.12 bits per heavy atom. The van der Waals surface area contributed by atoms with E-state index >= 15 is 17.6 Å². The van der Waals surface area contributed by atoms with Crippen molar-refractivity contribution in [3.05, 3.63) is 142 Å². The minimum Gasteiger partial charge on any atom is -0.462 e. The first-order valence-electron chi connectivity index (χ1n) is 25.6. The molecule has 432 valence electrons. The molecular weight excluding hydrogens is 1100 g/mol. The van der Waals surface area contributed by atoms with Gasteiger partial charge in [0, 0.05) is 56.5 Å². The highest BCUT2D eigenvalue weighted by Crippen LogP contribution is 2.46. The van der Waals surface area contributed by atoms with Crippen molar-refractivity contribution >= 4 is 80.2 Å². The number of thiophene rings is 2. The van der Waals surface area contributed by atoms with E-state index in [-0.39, 0.29) is 72.0 Å². The minimum absolute atomic E-state index is 0.00716. The lowest BCUT2D eigenvalue weighted by molar-refractivity contribution is -0.0373. The summed E-state index contributed by atoms with van der Waals surface area (Å²) < 4.78 is 82.5. The van der Waals surface area contributed by atoms with E-state index in [9.17, 15) is 28.8 Å². The number of ether oxygens (including phenoxy) is 4. The van der Waals surface area contributed by atoms with Crippen LogP contribution in [0.3, 0.4) is 0 Å². The summed E-state index contributed by atoms with van der Waals surface area (Å²) in [6.07, 6.45) is -1.00. The molecule has 24 heteroatoms. The molecule has 0 saturated carbocycles. The third-order valence-corrected chi connectivity index (χ3v) is 14.4. The molecule has 6 amide bonds. The van der Waals surface area contributed by atoms with Crippen molar-refractivity contribution < 1.29 is 70.1 Å². The first kappa shape index (κ1) is 62.3. The second kappa shape index (κ2) is 29.0. The average Bonchev–Trinajstić information content (AvgIpc) is 4.03. The summed E-state index contributed by atoms with van der Waals surface area (Å²) in [4.78, 5) is 94.4. The Bertz CT molecular complexity index is 2960. The molecule has 2 N–H and O–H groups in total. The Kier molecular flexibility index (Phi) is 22.3. The zero-order valence-corrected chi connectivity index (χ0v) is 47.8. The van der Waals surface area contributed by atoms with Crippen LogP contribution >= 0.6 is 22.7 Å². The number of amides is 6. The molecule has 0 aliphatic rings. The van der Waals surface area contributed by atoms with E-state index in [2.05, 4.69) is 10.6 Å². The van der Waals surface area contributed by atoms with Crippen molar-refractivity contribution in [2.45, 2.75) is 66.7 Å². The molecule has 6 aromatic rings. The zero-order chi connectivity index (χ0) is 59.1. The van der Waals surface area contributed by atoms with Gasteiger partial charge in [-0.05, 0) is 115 Å². The largest absolute Gasteiger partial charge is 0.462 e. The molecule has 4 aromatic carbocycles. The van der Waals surface area contributed by atoms with E-state index in [0.717, 1.165) is 63.8 Å². The Hall–Kier alpha value is -7.90. The minimum atomic E-state index is -1.000. The maximum Gasteiger partial charge on any atom is 0.415 e. The highest BCUT2D eigenvalue weighted by atomic mass is 32.1. The van der Waals surface area contributed by atoms with Gasteiger partial charge in [0.25, 0.3) is 0 Å². The fourth-order valence-corrected chi connectivity index (χ4v) is 10.8. The number of esters is 2. The Labute approximate surface area is 474 Å². The van der Waals surface area contributed by atoms with Crippen molar-refractivity contribution in [3.8, 4) is 20.9 Å². The van der Waals surface area contributed by atoms with Gasteiger partial charge in [0.2, 0.25) is 0 Å². The topological polar surface area (TPSA) is 189 Å². The van der Waals surface area contributed by atoms with Crippen molar-refractivity contribution in [1.82, 2.24) is 14.9 Å². The Morgan fingerprint density at radius 2 is 0.827 bits per heavy atom. The molecule has 0 unspecified atom stereocenters.